The van der Waals surface area contributed by atoms with Crippen LogP contribution in [0.15, 0.2) is 42.6 Å². The number of benzene rings is 1. The lowest BCUT2D eigenvalue weighted by Gasteiger charge is -2.07. The number of nitrogens with zero attached hydrogens (tertiary/aromatic N) is 3. The molecule has 0 aliphatic carbocycles. The second-order valence-corrected chi connectivity index (χ2v) is 5.41. The van der Waals surface area contributed by atoms with Gasteiger partial charge in [0.25, 0.3) is 0 Å². The van der Waals surface area contributed by atoms with Crippen LogP contribution in [0.4, 0.5) is 5.69 Å². The topological polar surface area (TPSA) is 70.2 Å². The van der Waals surface area contributed by atoms with Crippen LogP contribution in [0.25, 0.3) is 5.65 Å². The molecule has 0 aliphatic rings. The zero-order valence-corrected chi connectivity index (χ0v) is 13.0. The van der Waals surface area contributed by atoms with E-state index in [4.69, 9.17) is 5.26 Å². The van der Waals surface area contributed by atoms with Crippen molar-refractivity contribution in [3.63, 3.8) is 0 Å². The van der Waals surface area contributed by atoms with Crippen LogP contribution >= 0.6 is 0 Å². The number of fused-ring (bicyclic) bond motifs is 1. The van der Waals surface area contributed by atoms with Gasteiger partial charge in [-0.2, -0.15) is 5.26 Å². The van der Waals surface area contributed by atoms with Gasteiger partial charge in [0.2, 0.25) is 5.91 Å². The van der Waals surface area contributed by atoms with Gasteiger partial charge >= 0.3 is 0 Å². The molecule has 0 radical (unpaired) electrons. The highest BCUT2D eigenvalue weighted by Crippen LogP contribution is 2.18. The number of rotatable bonds is 3. The Hall–Kier alpha value is -3.13. The zero-order chi connectivity index (χ0) is 16.4. The highest BCUT2D eigenvalue weighted by atomic mass is 16.1. The lowest BCUT2D eigenvalue weighted by Crippen LogP contribution is -2.16. The first-order valence-corrected chi connectivity index (χ1v) is 7.32. The summed E-state index contributed by atoms with van der Waals surface area (Å²) in [6.07, 6.45) is 2.12. The molecule has 0 aliphatic heterocycles. The Labute approximate surface area is 134 Å². The normalized spacial score (nSPS) is 10.5. The minimum absolute atomic E-state index is 0.167. The molecule has 0 saturated carbocycles. The number of carbonyl (C=O) groups is 1. The van der Waals surface area contributed by atoms with Crippen LogP contribution in [-0.4, -0.2) is 15.3 Å². The summed E-state index contributed by atoms with van der Waals surface area (Å²) in [4.78, 5) is 16.9. The molecule has 0 fully saturated rings. The van der Waals surface area contributed by atoms with Gasteiger partial charge in [0.1, 0.15) is 11.7 Å². The van der Waals surface area contributed by atoms with Gasteiger partial charge in [-0.05, 0) is 37.6 Å². The number of anilines is 1. The van der Waals surface area contributed by atoms with E-state index in [0.717, 1.165) is 22.6 Å². The summed E-state index contributed by atoms with van der Waals surface area (Å²) >= 11 is 0. The molecule has 0 saturated heterocycles. The van der Waals surface area contributed by atoms with E-state index in [1.165, 1.54) is 0 Å². The van der Waals surface area contributed by atoms with E-state index < -0.39 is 0 Å². The summed E-state index contributed by atoms with van der Waals surface area (Å²) in [6, 6.07) is 13.0. The van der Waals surface area contributed by atoms with E-state index in [-0.39, 0.29) is 12.3 Å². The van der Waals surface area contributed by atoms with Gasteiger partial charge in [-0.1, -0.05) is 18.2 Å². The molecule has 3 rings (SSSR count). The SMILES string of the molecule is Cc1nc2c(C)cccn2c1CC(=O)Nc1ccccc1C#N. The molecule has 0 bridgehead atoms. The molecular weight excluding hydrogens is 288 g/mol. The molecule has 5 nitrogen and oxygen atoms in total. The summed E-state index contributed by atoms with van der Waals surface area (Å²) in [7, 11) is 0. The molecular formula is C18H16N4O. The van der Waals surface area contributed by atoms with Crippen LogP contribution in [-0.2, 0) is 11.2 Å². The van der Waals surface area contributed by atoms with Crippen molar-refractivity contribution >= 4 is 17.2 Å². The predicted octanol–water partition coefficient (Wildman–Crippen LogP) is 3.00. The van der Waals surface area contributed by atoms with Gasteiger partial charge < -0.3 is 9.72 Å². The van der Waals surface area contributed by atoms with Crippen LogP contribution in [0.5, 0.6) is 0 Å². The summed E-state index contributed by atoms with van der Waals surface area (Å²) in [5, 5.41) is 11.9. The lowest BCUT2D eigenvalue weighted by molar-refractivity contribution is -0.115. The second kappa shape index (κ2) is 5.93. The van der Waals surface area contributed by atoms with Gasteiger partial charge in [-0.25, -0.2) is 4.98 Å². The van der Waals surface area contributed by atoms with Crippen LogP contribution in [0.3, 0.4) is 0 Å². The zero-order valence-electron chi connectivity index (χ0n) is 13.0. The van der Waals surface area contributed by atoms with Crippen molar-refractivity contribution < 1.29 is 4.79 Å². The largest absolute Gasteiger partial charge is 0.325 e. The number of carbonyl (C=O) groups excluding carboxylic acids is 1. The van der Waals surface area contributed by atoms with Gasteiger partial charge in [0.15, 0.2) is 0 Å². The molecule has 2 heterocycles. The minimum atomic E-state index is -0.167. The van der Waals surface area contributed by atoms with Crippen molar-refractivity contribution in [2.45, 2.75) is 20.3 Å². The summed E-state index contributed by atoms with van der Waals surface area (Å²) in [6.45, 7) is 3.90. The average molecular weight is 304 g/mol. The Kier molecular flexibility index (Phi) is 3.82. The number of amides is 1. The monoisotopic (exact) mass is 304 g/mol. The summed E-state index contributed by atoms with van der Waals surface area (Å²) in [5.41, 5.74) is 4.61. The third-order valence-corrected chi connectivity index (χ3v) is 3.79. The quantitative estimate of drug-likeness (QED) is 0.808. The number of aromatic nitrogens is 2. The Bertz CT molecular complexity index is 934. The third-order valence-electron chi connectivity index (χ3n) is 3.79. The predicted molar refractivity (Wildman–Crippen MR) is 88.2 cm³/mol. The van der Waals surface area contributed by atoms with Gasteiger partial charge in [0, 0.05) is 6.20 Å². The number of imidazole rings is 1. The van der Waals surface area contributed by atoms with E-state index in [1.54, 1.807) is 24.3 Å². The van der Waals surface area contributed by atoms with Crippen molar-refractivity contribution in [1.29, 1.82) is 5.26 Å². The lowest BCUT2D eigenvalue weighted by atomic mass is 10.2. The number of aryl methyl sites for hydroxylation is 2. The Morgan fingerprint density at radius 1 is 1.26 bits per heavy atom. The maximum Gasteiger partial charge on any atom is 0.230 e. The van der Waals surface area contributed by atoms with Gasteiger partial charge in [0.05, 0.1) is 29.1 Å². The van der Waals surface area contributed by atoms with Crippen molar-refractivity contribution in [1.82, 2.24) is 9.38 Å². The van der Waals surface area contributed by atoms with E-state index in [1.807, 2.05) is 36.6 Å². The second-order valence-electron chi connectivity index (χ2n) is 5.41. The Balaban J connectivity index is 1.88. The van der Waals surface area contributed by atoms with E-state index >= 15 is 0 Å². The van der Waals surface area contributed by atoms with Gasteiger partial charge in [-0.3, -0.25) is 4.79 Å². The van der Waals surface area contributed by atoms with Gasteiger partial charge in [-0.15, -0.1) is 0 Å². The number of hydrogen-bond donors (Lipinski definition) is 1. The fourth-order valence-corrected chi connectivity index (χ4v) is 2.62. The molecule has 2 aromatic heterocycles. The molecule has 1 N–H and O–H groups in total. The van der Waals surface area contributed by atoms with Crippen molar-refractivity contribution in [3.8, 4) is 6.07 Å². The minimum Gasteiger partial charge on any atom is -0.325 e. The molecule has 23 heavy (non-hydrogen) atoms. The van der Waals surface area contributed by atoms with E-state index in [9.17, 15) is 4.79 Å². The van der Waals surface area contributed by atoms with Crippen LogP contribution < -0.4 is 5.32 Å². The molecule has 1 amide bonds. The first-order chi connectivity index (χ1) is 11.1. The fraction of sp³-hybridized carbons (Fsp3) is 0.167. The Morgan fingerprint density at radius 2 is 2.04 bits per heavy atom. The first-order valence-electron chi connectivity index (χ1n) is 7.32. The fourth-order valence-electron chi connectivity index (χ4n) is 2.62. The van der Waals surface area contributed by atoms with E-state index in [2.05, 4.69) is 16.4 Å². The number of hydrogen-bond acceptors (Lipinski definition) is 3. The third kappa shape index (κ3) is 2.79. The number of nitriles is 1. The molecule has 0 unspecified atom stereocenters. The summed E-state index contributed by atoms with van der Waals surface area (Å²) in [5.74, 6) is -0.167. The maximum atomic E-state index is 12.4. The number of para-hydroxylation sites is 1. The number of pyridine rings is 1. The molecule has 1 aromatic carbocycles. The van der Waals surface area contributed by atoms with Crippen molar-refractivity contribution in [2.75, 3.05) is 5.32 Å². The number of nitrogens with one attached hydrogen (secondary N) is 1. The molecule has 0 spiro atoms. The average Bonchev–Trinajstić information content (AvgIpc) is 2.86. The van der Waals surface area contributed by atoms with Crippen LogP contribution in [0.2, 0.25) is 0 Å². The maximum absolute atomic E-state index is 12.4. The molecule has 5 heteroatoms. The molecule has 3 aromatic rings. The Morgan fingerprint density at radius 3 is 2.83 bits per heavy atom. The van der Waals surface area contributed by atoms with E-state index in [0.29, 0.717) is 11.3 Å². The summed E-state index contributed by atoms with van der Waals surface area (Å²) < 4.78 is 1.94. The smallest absolute Gasteiger partial charge is 0.230 e. The standard InChI is InChI=1S/C18H16N4O/c1-12-6-5-9-22-16(13(2)20-18(12)22)10-17(23)21-15-8-4-3-7-14(15)11-19/h3-9H,10H2,1-2H3,(H,21,23). The molecule has 114 valence electrons. The van der Waals surface area contributed by atoms with Crippen LogP contribution in [0.1, 0.15) is 22.5 Å². The highest BCUT2D eigenvalue weighted by Gasteiger charge is 2.14. The van der Waals surface area contributed by atoms with Crippen molar-refractivity contribution in [3.05, 3.63) is 65.1 Å². The molecule has 0 atom stereocenters. The van der Waals surface area contributed by atoms with Crippen molar-refractivity contribution in [2.24, 2.45) is 0 Å². The first kappa shape index (κ1) is 14.8. The van der Waals surface area contributed by atoms with Crippen LogP contribution in [0, 0.1) is 25.2 Å². The highest BCUT2D eigenvalue weighted by molar-refractivity contribution is 5.93.